The first kappa shape index (κ1) is 20.8. The molecule has 154 valence electrons. The topological polar surface area (TPSA) is 58.6 Å². The summed E-state index contributed by atoms with van der Waals surface area (Å²) in [6.45, 7) is 4.44. The highest BCUT2D eigenvalue weighted by molar-refractivity contribution is 5.98. The van der Waals surface area contributed by atoms with Crippen molar-refractivity contribution in [1.82, 2.24) is 4.90 Å². The predicted octanol–water partition coefficient (Wildman–Crippen LogP) is 4.47. The van der Waals surface area contributed by atoms with Crippen LogP contribution in [0.4, 0.5) is 10.1 Å². The van der Waals surface area contributed by atoms with E-state index in [1.165, 1.54) is 6.07 Å². The SMILES string of the molecule is CCCCN1C(=O)CC(C(=O)Nc2ccc(C)cc2F)C1c1ccc(OC)cc1. The van der Waals surface area contributed by atoms with Crippen LogP contribution in [0.3, 0.4) is 0 Å². The Labute approximate surface area is 170 Å². The lowest BCUT2D eigenvalue weighted by Gasteiger charge is -2.28. The molecule has 1 aliphatic heterocycles. The zero-order valence-electron chi connectivity index (χ0n) is 17.1. The van der Waals surface area contributed by atoms with Crippen molar-refractivity contribution in [3.05, 3.63) is 59.4 Å². The molecule has 29 heavy (non-hydrogen) atoms. The van der Waals surface area contributed by atoms with E-state index in [4.69, 9.17) is 4.74 Å². The number of rotatable bonds is 7. The molecule has 2 unspecified atom stereocenters. The van der Waals surface area contributed by atoms with Gasteiger partial charge in [-0.1, -0.05) is 31.5 Å². The van der Waals surface area contributed by atoms with Gasteiger partial charge in [0.15, 0.2) is 0 Å². The molecule has 6 heteroatoms. The van der Waals surface area contributed by atoms with Crippen LogP contribution in [-0.2, 0) is 9.59 Å². The molecule has 0 saturated carbocycles. The van der Waals surface area contributed by atoms with Crippen molar-refractivity contribution in [3.8, 4) is 5.75 Å². The van der Waals surface area contributed by atoms with Gasteiger partial charge >= 0.3 is 0 Å². The van der Waals surface area contributed by atoms with E-state index in [9.17, 15) is 14.0 Å². The maximum atomic E-state index is 14.2. The minimum absolute atomic E-state index is 0.0520. The molecule has 5 nitrogen and oxygen atoms in total. The Hall–Kier alpha value is -2.89. The van der Waals surface area contributed by atoms with Gasteiger partial charge in [-0.25, -0.2) is 4.39 Å². The third-order valence-corrected chi connectivity index (χ3v) is 5.36. The smallest absolute Gasteiger partial charge is 0.230 e. The molecule has 1 N–H and O–H groups in total. The highest BCUT2D eigenvalue weighted by atomic mass is 19.1. The number of carbonyl (C=O) groups is 2. The monoisotopic (exact) mass is 398 g/mol. The van der Waals surface area contributed by atoms with Crippen molar-refractivity contribution < 1.29 is 18.7 Å². The summed E-state index contributed by atoms with van der Waals surface area (Å²) in [4.78, 5) is 27.5. The normalized spacial score (nSPS) is 18.8. The Bertz CT molecular complexity index is 882. The van der Waals surface area contributed by atoms with E-state index in [1.54, 1.807) is 31.1 Å². The standard InChI is InChI=1S/C23H27FN2O3/c1-4-5-12-26-21(27)14-18(22(26)16-7-9-17(29-3)10-8-16)23(28)25-20-11-6-15(2)13-19(20)24/h6-11,13,18,22H,4-5,12,14H2,1-3H3,(H,25,28). The van der Waals surface area contributed by atoms with E-state index < -0.39 is 11.7 Å². The molecule has 1 heterocycles. The number of benzene rings is 2. The number of hydrogen-bond acceptors (Lipinski definition) is 3. The lowest BCUT2D eigenvalue weighted by Crippen LogP contribution is -2.33. The fourth-order valence-corrected chi connectivity index (χ4v) is 3.78. The van der Waals surface area contributed by atoms with Gasteiger partial charge in [-0.05, 0) is 48.7 Å². The van der Waals surface area contributed by atoms with Crippen molar-refractivity contribution in [1.29, 1.82) is 0 Å². The molecule has 0 aromatic heterocycles. The molecular weight excluding hydrogens is 371 g/mol. The molecular formula is C23H27FN2O3. The Balaban J connectivity index is 1.89. The fourth-order valence-electron chi connectivity index (χ4n) is 3.78. The van der Waals surface area contributed by atoms with E-state index in [1.807, 2.05) is 24.3 Å². The fraction of sp³-hybridized carbons (Fsp3) is 0.391. The molecule has 1 saturated heterocycles. The summed E-state index contributed by atoms with van der Waals surface area (Å²) >= 11 is 0. The Morgan fingerprint density at radius 2 is 1.97 bits per heavy atom. The molecule has 2 amide bonds. The molecule has 2 atom stereocenters. The lowest BCUT2D eigenvalue weighted by atomic mass is 9.92. The second-order valence-electron chi connectivity index (χ2n) is 7.44. The molecule has 2 aromatic rings. The van der Waals surface area contributed by atoms with Crippen molar-refractivity contribution in [2.75, 3.05) is 19.0 Å². The summed E-state index contributed by atoms with van der Waals surface area (Å²) in [6.07, 6.45) is 1.92. The molecule has 2 aromatic carbocycles. The maximum absolute atomic E-state index is 14.2. The van der Waals surface area contributed by atoms with Crippen LogP contribution in [0, 0.1) is 18.7 Å². The summed E-state index contributed by atoms with van der Waals surface area (Å²) in [5.41, 5.74) is 1.78. The summed E-state index contributed by atoms with van der Waals surface area (Å²) in [7, 11) is 1.59. The van der Waals surface area contributed by atoms with E-state index in [0.29, 0.717) is 12.3 Å². The number of nitrogens with one attached hydrogen (secondary N) is 1. The quantitative estimate of drug-likeness (QED) is 0.749. The molecule has 3 rings (SSSR count). The molecule has 0 spiro atoms. The first-order valence-electron chi connectivity index (χ1n) is 9.95. The molecule has 1 aliphatic rings. The van der Waals surface area contributed by atoms with Gasteiger partial charge in [0.1, 0.15) is 11.6 Å². The number of carbonyl (C=O) groups excluding carboxylic acids is 2. The summed E-state index contributed by atoms with van der Waals surface area (Å²) in [6, 6.07) is 11.7. The van der Waals surface area contributed by atoms with E-state index in [-0.39, 0.29) is 30.0 Å². The van der Waals surface area contributed by atoms with E-state index in [2.05, 4.69) is 12.2 Å². The van der Waals surface area contributed by atoms with Gasteiger partial charge in [0.2, 0.25) is 11.8 Å². The minimum atomic E-state index is -0.589. The summed E-state index contributed by atoms with van der Waals surface area (Å²) < 4.78 is 19.4. The van der Waals surface area contributed by atoms with E-state index >= 15 is 0 Å². The number of anilines is 1. The predicted molar refractivity (Wildman–Crippen MR) is 110 cm³/mol. The summed E-state index contributed by atoms with van der Waals surface area (Å²) in [5.74, 6) is -0.759. The van der Waals surface area contributed by atoms with Crippen LogP contribution in [0.15, 0.2) is 42.5 Å². The Kier molecular flexibility index (Phi) is 6.52. The Morgan fingerprint density at radius 3 is 2.59 bits per heavy atom. The van der Waals surface area contributed by atoms with Crippen molar-refractivity contribution in [3.63, 3.8) is 0 Å². The average molecular weight is 398 g/mol. The second kappa shape index (κ2) is 9.07. The van der Waals surface area contributed by atoms with Crippen LogP contribution in [-0.4, -0.2) is 30.4 Å². The number of hydrogen-bond donors (Lipinski definition) is 1. The van der Waals surface area contributed by atoms with Gasteiger partial charge in [-0.2, -0.15) is 0 Å². The average Bonchev–Trinajstić information content (AvgIpc) is 3.04. The van der Waals surface area contributed by atoms with Crippen LogP contribution in [0.2, 0.25) is 0 Å². The number of unbranched alkanes of at least 4 members (excludes halogenated alkanes) is 1. The molecule has 0 bridgehead atoms. The van der Waals surface area contributed by atoms with Crippen LogP contribution in [0.1, 0.15) is 43.4 Å². The number of methoxy groups -OCH3 is 1. The van der Waals surface area contributed by atoms with Crippen molar-refractivity contribution in [2.45, 2.75) is 39.2 Å². The number of aryl methyl sites for hydroxylation is 1. The lowest BCUT2D eigenvalue weighted by molar-refractivity contribution is -0.129. The van der Waals surface area contributed by atoms with Crippen molar-refractivity contribution >= 4 is 17.5 Å². The Morgan fingerprint density at radius 1 is 1.24 bits per heavy atom. The summed E-state index contributed by atoms with van der Waals surface area (Å²) in [5, 5.41) is 2.68. The highest BCUT2D eigenvalue weighted by Crippen LogP contribution is 2.39. The van der Waals surface area contributed by atoms with Gasteiger partial charge in [0.05, 0.1) is 24.8 Å². The highest BCUT2D eigenvalue weighted by Gasteiger charge is 2.44. The van der Waals surface area contributed by atoms with Gasteiger partial charge in [0, 0.05) is 13.0 Å². The van der Waals surface area contributed by atoms with Gasteiger partial charge < -0.3 is 15.0 Å². The number of ether oxygens (including phenoxy) is 1. The maximum Gasteiger partial charge on any atom is 0.230 e. The molecule has 0 radical (unpaired) electrons. The van der Waals surface area contributed by atoms with Crippen LogP contribution >= 0.6 is 0 Å². The number of likely N-dealkylation sites (tertiary alicyclic amines) is 1. The van der Waals surface area contributed by atoms with Crippen LogP contribution in [0.5, 0.6) is 5.75 Å². The zero-order chi connectivity index (χ0) is 21.0. The number of halogens is 1. The minimum Gasteiger partial charge on any atom is -0.497 e. The van der Waals surface area contributed by atoms with E-state index in [0.717, 1.165) is 24.0 Å². The van der Waals surface area contributed by atoms with Gasteiger partial charge in [-0.15, -0.1) is 0 Å². The molecule has 1 fully saturated rings. The van der Waals surface area contributed by atoms with Crippen LogP contribution in [0.25, 0.3) is 0 Å². The number of nitrogens with zero attached hydrogens (tertiary/aromatic N) is 1. The van der Waals surface area contributed by atoms with Crippen LogP contribution < -0.4 is 10.1 Å². The van der Waals surface area contributed by atoms with Gasteiger partial charge in [-0.3, -0.25) is 9.59 Å². The largest absolute Gasteiger partial charge is 0.497 e. The van der Waals surface area contributed by atoms with Gasteiger partial charge in [0.25, 0.3) is 0 Å². The number of amides is 2. The third-order valence-electron chi connectivity index (χ3n) is 5.36. The second-order valence-corrected chi connectivity index (χ2v) is 7.44. The first-order chi connectivity index (χ1) is 13.9. The zero-order valence-corrected chi connectivity index (χ0v) is 17.1. The third kappa shape index (κ3) is 4.58. The van der Waals surface area contributed by atoms with Crippen molar-refractivity contribution in [2.24, 2.45) is 5.92 Å². The molecule has 0 aliphatic carbocycles. The first-order valence-corrected chi connectivity index (χ1v) is 9.95.